The van der Waals surface area contributed by atoms with Crippen molar-refractivity contribution in [3.05, 3.63) is 64.7 Å². The second-order valence-electron chi connectivity index (χ2n) is 6.56. The number of nitrogens with one attached hydrogen (secondary N) is 1. The number of aryl methyl sites for hydroxylation is 1. The molecular weight excluding hydrogens is 362 g/mol. The summed E-state index contributed by atoms with van der Waals surface area (Å²) in [6, 6.07) is 12.8. The molecule has 28 heavy (non-hydrogen) atoms. The zero-order chi connectivity index (χ0) is 20.1. The van der Waals surface area contributed by atoms with Crippen molar-refractivity contribution < 1.29 is 29.0 Å². The van der Waals surface area contributed by atoms with E-state index in [4.69, 9.17) is 14.6 Å². The lowest BCUT2D eigenvalue weighted by Gasteiger charge is -2.25. The van der Waals surface area contributed by atoms with Crippen LogP contribution in [0.5, 0.6) is 5.75 Å². The number of ether oxygens (including phenoxy) is 2. The third-order valence-electron chi connectivity index (χ3n) is 4.48. The second kappa shape index (κ2) is 8.56. The number of benzene rings is 2. The maximum Gasteiger partial charge on any atom is 0.339 e. The summed E-state index contributed by atoms with van der Waals surface area (Å²) < 4.78 is 11.1. The SMILES string of the molecule is Cc1cc([C@@H]2Cc3ccccc3C(=O)O2)ccc1OCC(=O)NCCC(=O)O. The Balaban J connectivity index is 1.61. The molecule has 3 rings (SSSR count). The maximum atomic E-state index is 12.2. The van der Waals surface area contributed by atoms with E-state index >= 15 is 0 Å². The van der Waals surface area contributed by atoms with Gasteiger partial charge in [-0.15, -0.1) is 0 Å². The van der Waals surface area contributed by atoms with Crippen molar-refractivity contribution in [3.63, 3.8) is 0 Å². The van der Waals surface area contributed by atoms with Crippen LogP contribution < -0.4 is 10.1 Å². The molecule has 146 valence electrons. The molecule has 1 aliphatic heterocycles. The molecule has 1 atom stereocenters. The average Bonchev–Trinajstić information content (AvgIpc) is 2.66. The monoisotopic (exact) mass is 383 g/mol. The average molecular weight is 383 g/mol. The van der Waals surface area contributed by atoms with Gasteiger partial charge in [0.15, 0.2) is 6.61 Å². The Morgan fingerprint density at radius 3 is 2.79 bits per heavy atom. The van der Waals surface area contributed by atoms with Crippen molar-refractivity contribution in [1.29, 1.82) is 0 Å². The molecule has 1 aliphatic rings. The van der Waals surface area contributed by atoms with E-state index in [0.717, 1.165) is 16.7 Å². The van der Waals surface area contributed by atoms with Crippen LogP contribution in [0.4, 0.5) is 0 Å². The van der Waals surface area contributed by atoms with Crippen molar-refractivity contribution >= 4 is 17.8 Å². The number of carbonyl (C=O) groups is 3. The van der Waals surface area contributed by atoms with Gasteiger partial charge in [0, 0.05) is 13.0 Å². The molecule has 0 saturated heterocycles. The summed E-state index contributed by atoms with van der Waals surface area (Å²) in [4.78, 5) is 34.3. The lowest BCUT2D eigenvalue weighted by atomic mass is 9.94. The molecule has 1 heterocycles. The van der Waals surface area contributed by atoms with Crippen LogP contribution in [0, 0.1) is 6.92 Å². The molecule has 0 aromatic heterocycles. The second-order valence-corrected chi connectivity index (χ2v) is 6.56. The number of amides is 1. The summed E-state index contributed by atoms with van der Waals surface area (Å²) in [7, 11) is 0. The van der Waals surface area contributed by atoms with Crippen LogP contribution in [0.15, 0.2) is 42.5 Å². The standard InChI is InChI=1S/C21H21NO6/c1-13-10-15(18-11-14-4-2-3-5-16(14)21(26)28-18)6-7-17(13)27-12-19(23)22-9-8-20(24)25/h2-7,10,18H,8-9,11-12H2,1H3,(H,22,23)(H,24,25)/t18-/m0/s1. The molecule has 1 amide bonds. The van der Waals surface area contributed by atoms with Crippen LogP contribution in [0.2, 0.25) is 0 Å². The van der Waals surface area contributed by atoms with E-state index in [1.54, 1.807) is 12.1 Å². The molecule has 0 unspecified atom stereocenters. The lowest BCUT2D eigenvalue weighted by Crippen LogP contribution is -2.30. The Labute approximate surface area is 162 Å². The molecule has 7 nitrogen and oxygen atoms in total. The van der Waals surface area contributed by atoms with Crippen molar-refractivity contribution in [3.8, 4) is 5.75 Å². The minimum Gasteiger partial charge on any atom is -0.484 e. The molecule has 2 aromatic carbocycles. The van der Waals surface area contributed by atoms with Gasteiger partial charge in [0.1, 0.15) is 11.9 Å². The molecule has 7 heteroatoms. The highest BCUT2D eigenvalue weighted by Crippen LogP contribution is 2.32. The summed E-state index contributed by atoms with van der Waals surface area (Å²) in [5.41, 5.74) is 3.23. The zero-order valence-electron chi connectivity index (χ0n) is 15.4. The number of aliphatic carboxylic acids is 1. The predicted octanol–water partition coefficient (Wildman–Crippen LogP) is 2.42. The van der Waals surface area contributed by atoms with Crippen LogP contribution in [-0.4, -0.2) is 36.1 Å². The highest BCUT2D eigenvalue weighted by molar-refractivity contribution is 5.92. The van der Waals surface area contributed by atoms with Crippen LogP contribution in [0.3, 0.4) is 0 Å². The summed E-state index contributed by atoms with van der Waals surface area (Å²) in [5.74, 6) is -1.15. The Bertz CT molecular complexity index is 908. The number of rotatable bonds is 7. The number of hydrogen-bond donors (Lipinski definition) is 2. The number of carboxylic acids is 1. The number of esters is 1. The van der Waals surface area contributed by atoms with Crippen molar-refractivity contribution in [1.82, 2.24) is 5.32 Å². The molecule has 2 aromatic rings. The Kier molecular flexibility index (Phi) is 5.93. The summed E-state index contributed by atoms with van der Waals surface area (Å²) in [6.07, 6.45) is 0.102. The first-order valence-electron chi connectivity index (χ1n) is 8.95. The lowest BCUT2D eigenvalue weighted by molar-refractivity contribution is -0.137. The molecule has 0 bridgehead atoms. The third-order valence-corrected chi connectivity index (χ3v) is 4.48. The number of hydrogen-bond acceptors (Lipinski definition) is 5. The molecule has 0 spiro atoms. The van der Waals surface area contributed by atoms with Crippen molar-refractivity contribution in [2.75, 3.05) is 13.2 Å². The van der Waals surface area contributed by atoms with E-state index in [1.807, 2.05) is 37.3 Å². The Hall–Kier alpha value is -3.35. The van der Waals surface area contributed by atoms with Gasteiger partial charge in [-0.05, 0) is 41.8 Å². The van der Waals surface area contributed by atoms with E-state index in [9.17, 15) is 14.4 Å². The van der Waals surface area contributed by atoms with E-state index in [-0.39, 0.29) is 37.6 Å². The molecule has 0 radical (unpaired) electrons. The number of cyclic esters (lactones) is 1. The van der Waals surface area contributed by atoms with Crippen molar-refractivity contribution in [2.24, 2.45) is 0 Å². The predicted molar refractivity (Wildman–Crippen MR) is 100 cm³/mol. The first-order valence-corrected chi connectivity index (χ1v) is 8.95. The molecular formula is C21H21NO6. The van der Waals surface area contributed by atoms with Gasteiger partial charge in [-0.25, -0.2) is 4.79 Å². The topological polar surface area (TPSA) is 102 Å². The molecule has 0 fully saturated rings. The first kappa shape index (κ1) is 19.4. The van der Waals surface area contributed by atoms with E-state index in [1.165, 1.54) is 0 Å². The molecule has 0 aliphatic carbocycles. The first-order chi connectivity index (χ1) is 13.4. The van der Waals surface area contributed by atoms with Gasteiger partial charge in [-0.2, -0.15) is 0 Å². The molecule has 0 saturated carbocycles. The minimum absolute atomic E-state index is 0.0595. The van der Waals surface area contributed by atoms with Gasteiger partial charge >= 0.3 is 11.9 Å². The van der Waals surface area contributed by atoms with Crippen LogP contribution in [-0.2, 0) is 20.7 Å². The fraction of sp³-hybridized carbons (Fsp3) is 0.286. The van der Waals surface area contributed by atoms with E-state index in [2.05, 4.69) is 5.32 Å². The summed E-state index contributed by atoms with van der Waals surface area (Å²) >= 11 is 0. The van der Waals surface area contributed by atoms with Crippen molar-refractivity contribution in [2.45, 2.75) is 25.9 Å². The van der Waals surface area contributed by atoms with E-state index < -0.39 is 5.97 Å². The summed E-state index contributed by atoms with van der Waals surface area (Å²) in [5, 5.41) is 11.0. The van der Waals surface area contributed by atoms with Crippen LogP contribution in [0.25, 0.3) is 0 Å². The fourth-order valence-corrected chi connectivity index (χ4v) is 3.06. The highest BCUT2D eigenvalue weighted by Gasteiger charge is 2.27. The minimum atomic E-state index is -0.973. The number of carboxylic acid groups (broad SMARTS) is 1. The normalized spacial score (nSPS) is 15.3. The smallest absolute Gasteiger partial charge is 0.339 e. The van der Waals surface area contributed by atoms with Gasteiger partial charge in [-0.1, -0.05) is 24.3 Å². The van der Waals surface area contributed by atoms with Crippen LogP contribution >= 0.6 is 0 Å². The van der Waals surface area contributed by atoms with Crippen LogP contribution in [0.1, 0.15) is 39.6 Å². The van der Waals surface area contributed by atoms with E-state index in [0.29, 0.717) is 17.7 Å². The molecule has 2 N–H and O–H groups in total. The van der Waals surface area contributed by atoms with Gasteiger partial charge in [-0.3, -0.25) is 9.59 Å². The summed E-state index contributed by atoms with van der Waals surface area (Å²) in [6.45, 7) is 1.70. The zero-order valence-corrected chi connectivity index (χ0v) is 15.4. The number of carbonyl (C=O) groups excluding carboxylic acids is 2. The Morgan fingerprint density at radius 2 is 2.04 bits per heavy atom. The fourth-order valence-electron chi connectivity index (χ4n) is 3.06. The van der Waals surface area contributed by atoms with Gasteiger partial charge in [0.25, 0.3) is 5.91 Å². The maximum absolute atomic E-state index is 12.2. The quantitative estimate of drug-likeness (QED) is 0.712. The third kappa shape index (κ3) is 4.68. The van der Waals surface area contributed by atoms with Gasteiger partial charge < -0.3 is 19.9 Å². The van der Waals surface area contributed by atoms with Gasteiger partial charge in [0.05, 0.1) is 12.0 Å². The Morgan fingerprint density at radius 1 is 1.25 bits per heavy atom. The largest absolute Gasteiger partial charge is 0.484 e. The van der Waals surface area contributed by atoms with Gasteiger partial charge in [0.2, 0.25) is 0 Å². The number of fused-ring (bicyclic) bond motifs is 1. The highest BCUT2D eigenvalue weighted by atomic mass is 16.5.